The number of halogens is 2. The molecule has 0 aromatic heterocycles. The number of hydrogen-bond acceptors (Lipinski definition) is 5. The molecule has 0 heterocycles. The monoisotopic (exact) mass is 664 g/mol. The van der Waals surface area contributed by atoms with Crippen LogP contribution in [0.5, 0.6) is 0 Å². The predicted octanol–water partition coefficient (Wildman–Crippen LogP) is 7.65. The molecule has 4 aromatic rings. The van der Waals surface area contributed by atoms with E-state index in [9.17, 15) is 21.6 Å². The molecule has 2 aliphatic carbocycles. The van der Waals surface area contributed by atoms with E-state index in [4.69, 9.17) is 11.6 Å². The summed E-state index contributed by atoms with van der Waals surface area (Å²) in [5, 5.41) is -1.76. The maximum absolute atomic E-state index is 15.5. The summed E-state index contributed by atoms with van der Waals surface area (Å²) in [5.74, 6) is -3.82. The molecule has 0 bridgehead atoms. The van der Waals surface area contributed by atoms with Gasteiger partial charge in [0.2, 0.25) is 0 Å². The average molecular weight is 665 g/mol. The molecule has 2 saturated carbocycles. The van der Waals surface area contributed by atoms with Gasteiger partial charge in [-0.05, 0) is 86.2 Å². The molecule has 2 aliphatic rings. The minimum Gasteiger partial charge on any atom is -0.299 e. The maximum atomic E-state index is 15.5. The Morgan fingerprint density at radius 1 is 0.667 bits per heavy atom. The lowest BCUT2D eigenvalue weighted by Gasteiger charge is -2.48. The van der Waals surface area contributed by atoms with Gasteiger partial charge in [0.25, 0.3) is 0 Å². The number of carbonyl (C=O) groups is 1. The highest BCUT2D eigenvalue weighted by Gasteiger charge is 2.56. The number of rotatable bonds is 6. The molecule has 5 nitrogen and oxygen atoms in total. The Bertz CT molecular complexity index is 1940. The second-order valence-corrected chi connectivity index (χ2v) is 17.1. The lowest BCUT2D eigenvalue weighted by Crippen LogP contribution is -2.53. The van der Waals surface area contributed by atoms with Crippen molar-refractivity contribution in [3.63, 3.8) is 0 Å². The summed E-state index contributed by atoms with van der Waals surface area (Å²) in [4.78, 5) is 14.2. The molecule has 2 fully saturated rings. The summed E-state index contributed by atoms with van der Waals surface area (Å²) >= 11 is 6.10. The second kappa shape index (κ2) is 12.1. The van der Waals surface area contributed by atoms with Crippen molar-refractivity contribution < 1.29 is 26.0 Å². The lowest BCUT2D eigenvalue weighted by molar-refractivity contribution is -0.128. The zero-order valence-electron chi connectivity index (χ0n) is 24.9. The third-order valence-corrected chi connectivity index (χ3v) is 14.5. The quantitative estimate of drug-likeness (QED) is 0.211. The van der Waals surface area contributed by atoms with Crippen molar-refractivity contribution >= 4 is 37.1 Å². The van der Waals surface area contributed by atoms with E-state index >= 15 is 4.39 Å². The van der Waals surface area contributed by atoms with Crippen molar-refractivity contribution in [1.82, 2.24) is 0 Å². The van der Waals surface area contributed by atoms with Gasteiger partial charge in [-0.25, -0.2) is 21.2 Å². The summed E-state index contributed by atoms with van der Waals surface area (Å²) in [6, 6.07) is 26.1. The molecule has 6 atom stereocenters. The smallest absolute Gasteiger partial charge is 0.182 e. The van der Waals surface area contributed by atoms with Gasteiger partial charge in [0, 0.05) is 29.2 Å². The highest BCUT2D eigenvalue weighted by Crippen LogP contribution is 2.54. The Labute approximate surface area is 269 Å². The van der Waals surface area contributed by atoms with Crippen molar-refractivity contribution in [2.24, 2.45) is 11.8 Å². The number of benzene rings is 4. The molecule has 0 aliphatic heterocycles. The topological polar surface area (TPSA) is 85.3 Å². The van der Waals surface area contributed by atoms with Crippen LogP contribution < -0.4 is 0 Å². The van der Waals surface area contributed by atoms with E-state index in [0.29, 0.717) is 5.02 Å². The van der Waals surface area contributed by atoms with Gasteiger partial charge in [-0.15, -0.1) is 0 Å². The first kappa shape index (κ1) is 31.6. The second-order valence-electron chi connectivity index (χ2n) is 12.4. The Morgan fingerprint density at radius 3 is 1.84 bits per heavy atom. The SMILES string of the molecule is Cc1ccc(C2CC(=O)C3CC(S(=O)(=O)c4ccc(C)cc4)C(c4ccccc4F)CC3C2S(=O)(=O)c2ccc(Cl)cc2)cc1. The molecule has 234 valence electrons. The fourth-order valence-corrected chi connectivity index (χ4v) is 11.8. The summed E-state index contributed by atoms with van der Waals surface area (Å²) in [7, 11) is -8.09. The Morgan fingerprint density at radius 2 is 1.22 bits per heavy atom. The molecule has 6 unspecified atom stereocenters. The van der Waals surface area contributed by atoms with Gasteiger partial charge < -0.3 is 0 Å². The predicted molar refractivity (Wildman–Crippen MR) is 173 cm³/mol. The van der Waals surface area contributed by atoms with Crippen LogP contribution in [-0.2, 0) is 24.5 Å². The fourth-order valence-electron chi connectivity index (χ4n) is 7.41. The molecule has 0 saturated heterocycles. The molecule has 6 rings (SSSR count). The minimum atomic E-state index is -4.06. The van der Waals surface area contributed by atoms with E-state index < -0.39 is 59.7 Å². The summed E-state index contributed by atoms with van der Waals surface area (Å²) < 4.78 is 73.2. The fraction of sp³-hybridized carbons (Fsp3) is 0.306. The van der Waals surface area contributed by atoms with Gasteiger partial charge in [-0.2, -0.15) is 0 Å². The normalized spacial score (nSPS) is 25.5. The van der Waals surface area contributed by atoms with Crippen LogP contribution in [0.3, 0.4) is 0 Å². The standard InChI is InChI=1S/C36H34ClFO5S2/c1-22-7-11-24(12-8-22)29-20-34(39)30-21-35(44(40,41)26-15-9-23(2)10-16-26)31(28-5-3-4-6-33(28)38)19-32(30)36(29)45(42,43)27-17-13-25(37)14-18-27/h3-18,29-32,35-36H,19-21H2,1-2H3. The first-order chi connectivity index (χ1) is 21.4. The van der Waals surface area contributed by atoms with Crippen LogP contribution >= 0.6 is 11.6 Å². The number of hydrogen-bond donors (Lipinski definition) is 0. The lowest BCUT2D eigenvalue weighted by atomic mass is 9.61. The molecule has 0 amide bonds. The first-order valence-corrected chi connectivity index (χ1v) is 18.5. The van der Waals surface area contributed by atoms with Crippen molar-refractivity contribution in [3.05, 3.63) is 130 Å². The molecule has 0 spiro atoms. The van der Waals surface area contributed by atoms with Gasteiger partial charge >= 0.3 is 0 Å². The number of aryl methyl sites for hydroxylation is 2. The van der Waals surface area contributed by atoms with E-state index in [1.165, 1.54) is 30.3 Å². The first-order valence-electron chi connectivity index (χ1n) is 15.0. The summed E-state index contributed by atoms with van der Waals surface area (Å²) in [6.07, 6.45) is -0.109. The Kier molecular flexibility index (Phi) is 8.52. The van der Waals surface area contributed by atoms with E-state index in [-0.39, 0.29) is 40.4 Å². The van der Waals surface area contributed by atoms with Crippen LogP contribution in [-0.4, -0.2) is 33.1 Å². The third kappa shape index (κ3) is 5.88. The minimum absolute atomic E-state index is 0.0208. The Balaban J connectivity index is 1.52. The van der Waals surface area contributed by atoms with Gasteiger partial charge in [0.05, 0.1) is 20.3 Å². The molecule has 4 aromatic carbocycles. The van der Waals surface area contributed by atoms with E-state index in [2.05, 4.69) is 0 Å². The number of carbonyl (C=O) groups excluding carboxylic acids is 1. The highest BCUT2D eigenvalue weighted by molar-refractivity contribution is 7.92. The van der Waals surface area contributed by atoms with Crippen LogP contribution in [0.1, 0.15) is 53.4 Å². The van der Waals surface area contributed by atoms with Gasteiger partial charge in [-0.1, -0.05) is 77.3 Å². The van der Waals surface area contributed by atoms with Gasteiger partial charge in [0.1, 0.15) is 11.6 Å². The highest BCUT2D eigenvalue weighted by atomic mass is 35.5. The maximum Gasteiger partial charge on any atom is 0.182 e. The molecule has 0 radical (unpaired) electrons. The number of ketones is 1. The zero-order chi connectivity index (χ0) is 32.1. The van der Waals surface area contributed by atoms with Crippen LogP contribution in [0.15, 0.2) is 107 Å². The van der Waals surface area contributed by atoms with Crippen LogP contribution in [0.2, 0.25) is 5.02 Å². The van der Waals surface area contributed by atoms with Crippen LogP contribution in [0, 0.1) is 31.5 Å². The third-order valence-electron chi connectivity index (χ3n) is 9.69. The molecular formula is C36H34ClFO5S2. The number of Topliss-reactive ketones (excluding diaryl/α,β-unsaturated/α-hetero) is 1. The summed E-state index contributed by atoms with van der Waals surface area (Å²) in [6.45, 7) is 3.79. The van der Waals surface area contributed by atoms with Crippen molar-refractivity contribution in [2.75, 3.05) is 0 Å². The zero-order valence-corrected chi connectivity index (χ0v) is 27.3. The molecular weight excluding hydrogens is 631 g/mol. The van der Waals surface area contributed by atoms with Crippen molar-refractivity contribution in [1.29, 1.82) is 0 Å². The van der Waals surface area contributed by atoms with Crippen molar-refractivity contribution in [2.45, 2.75) is 65.2 Å². The average Bonchev–Trinajstić information content (AvgIpc) is 3.01. The van der Waals surface area contributed by atoms with Crippen LogP contribution in [0.25, 0.3) is 0 Å². The molecule has 45 heavy (non-hydrogen) atoms. The number of fused-ring (bicyclic) bond motifs is 1. The molecule has 9 heteroatoms. The van der Waals surface area contributed by atoms with E-state index in [1.54, 1.807) is 42.5 Å². The van der Waals surface area contributed by atoms with Gasteiger partial charge in [-0.3, -0.25) is 4.79 Å². The number of sulfone groups is 2. The van der Waals surface area contributed by atoms with E-state index in [0.717, 1.165) is 16.7 Å². The van der Waals surface area contributed by atoms with E-state index in [1.807, 2.05) is 38.1 Å². The molecule has 0 N–H and O–H groups in total. The Hall–Kier alpha value is -3.33. The summed E-state index contributed by atoms with van der Waals surface area (Å²) in [5.41, 5.74) is 2.83. The largest absolute Gasteiger partial charge is 0.299 e. The van der Waals surface area contributed by atoms with Gasteiger partial charge in [0.15, 0.2) is 19.7 Å². The van der Waals surface area contributed by atoms with Crippen molar-refractivity contribution in [3.8, 4) is 0 Å². The van der Waals surface area contributed by atoms with Crippen LogP contribution in [0.4, 0.5) is 4.39 Å².